The number of aromatic amines is 1. The van der Waals surface area contributed by atoms with Gasteiger partial charge in [-0.2, -0.15) is 5.10 Å². The van der Waals surface area contributed by atoms with Gasteiger partial charge in [0.05, 0.1) is 12.2 Å². The molecular weight excluding hydrogens is 316 g/mol. The molecule has 0 bridgehead atoms. The highest BCUT2D eigenvalue weighted by molar-refractivity contribution is 5.89. The predicted octanol–water partition coefficient (Wildman–Crippen LogP) is 3.07. The van der Waals surface area contributed by atoms with E-state index in [1.165, 1.54) is 12.8 Å². The minimum atomic E-state index is -0.271. The lowest BCUT2D eigenvalue weighted by Gasteiger charge is -2.07. The van der Waals surface area contributed by atoms with Gasteiger partial charge in [-0.3, -0.25) is 10.1 Å². The van der Waals surface area contributed by atoms with Gasteiger partial charge >= 0.3 is 6.03 Å². The summed E-state index contributed by atoms with van der Waals surface area (Å²) in [6, 6.07) is 12.8. The average Bonchev–Trinajstić information content (AvgIpc) is 3.39. The van der Waals surface area contributed by atoms with Crippen LogP contribution in [-0.4, -0.2) is 26.2 Å². The molecule has 1 saturated carbocycles. The lowest BCUT2D eigenvalue weighted by atomic mass is 10.2. The van der Waals surface area contributed by atoms with Crippen molar-refractivity contribution in [2.45, 2.75) is 25.3 Å². The third-order valence-electron chi connectivity index (χ3n) is 4.02. The third-order valence-corrected chi connectivity index (χ3v) is 4.02. The second-order valence-electron chi connectivity index (χ2n) is 6.02. The molecule has 2 aromatic heterocycles. The average molecular weight is 334 g/mol. The number of rotatable bonds is 5. The molecule has 7 nitrogen and oxygen atoms in total. The zero-order valence-electron chi connectivity index (χ0n) is 13.6. The molecule has 1 fully saturated rings. The van der Waals surface area contributed by atoms with Gasteiger partial charge in [0.1, 0.15) is 5.82 Å². The Kier molecular flexibility index (Phi) is 4.12. The van der Waals surface area contributed by atoms with Gasteiger partial charge in [0.15, 0.2) is 5.82 Å². The number of anilines is 1. The van der Waals surface area contributed by atoms with E-state index >= 15 is 0 Å². The summed E-state index contributed by atoms with van der Waals surface area (Å²) in [5.41, 5.74) is 2.44. The molecule has 0 saturated heterocycles. The smallest absolute Gasteiger partial charge is 0.319 e. The van der Waals surface area contributed by atoms with Crippen LogP contribution in [0.25, 0.3) is 11.4 Å². The van der Waals surface area contributed by atoms with Crippen LogP contribution < -0.4 is 10.6 Å². The van der Waals surface area contributed by atoms with E-state index in [-0.39, 0.29) is 6.03 Å². The van der Waals surface area contributed by atoms with Crippen LogP contribution in [0.5, 0.6) is 0 Å². The Balaban J connectivity index is 1.34. The van der Waals surface area contributed by atoms with Crippen LogP contribution >= 0.6 is 0 Å². The van der Waals surface area contributed by atoms with Crippen molar-refractivity contribution in [1.29, 1.82) is 0 Å². The largest absolute Gasteiger partial charge is 0.332 e. The van der Waals surface area contributed by atoms with Crippen LogP contribution in [0.4, 0.5) is 10.5 Å². The number of benzene rings is 1. The Morgan fingerprint density at radius 2 is 2.00 bits per heavy atom. The SMILES string of the molecule is O=C(NCc1ccccn1)Nc1ccc(-c2n[nH]c(C3CC3)n2)cc1. The second kappa shape index (κ2) is 6.72. The molecule has 25 heavy (non-hydrogen) atoms. The summed E-state index contributed by atoms with van der Waals surface area (Å²) < 4.78 is 0. The molecule has 4 rings (SSSR count). The molecule has 1 aliphatic carbocycles. The van der Waals surface area contributed by atoms with Gasteiger partial charge in [-0.05, 0) is 49.2 Å². The summed E-state index contributed by atoms with van der Waals surface area (Å²) in [7, 11) is 0. The Bertz CT molecular complexity index is 855. The van der Waals surface area contributed by atoms with Gasteiger partial charge in [0.2, 0.25) is 0 Å². The molecule has 3 N–H and O–H groups in total. The van der Waals surface area contributed by atoms with Crippen molar-refractivity contribution in [3.05, 3.63) is 60.2 Å². The number of H-pyrrole nitrogens is 1. The van der Waals surface area contributed by atoms with Crippen LogP contribution in [0.2, 0.25) is 0 Å². The number of amides is 2. The van der Waals surface area contributed by atoms with Crippen molar-refractivity contribution in [2.75, 3.05) is 5.32 Å². The fourth-order valence-electron chi connectivity index (χ4n) is 2.49. The summed E-state index contributed by atoms with van der Waals surface area (Å²) in [4.78, 5) is 20.6. The summed E-state index contributed by atoms with van der Waals surface area (Å²) in [6.45, 7) is 0.381. The fourth-order valence-corrected chi connectivity index (χ4v) is 2.49. The zero-order chi connectivity index (χ0) is 17.1. The molecule has 3 aromatic rings. The number of hydrogen-bond acceptors (Lipinski definition) is 4. The number of nitrogens with one attached hydrogen (secondary N) is 3. The highest BCUT2D eigenvalue weighted by Gasteiger charge is 2.27. The standard InChI is InChI=1S/C18H18N6O/c25-18(20-11-15-3-1-2-10-19-15)21-14-8-6-13(7-9-14)17-22-16(23-24-17)12-4-5-12/h1-3,6-10,12H,4-5,11H2,(H2,20,21,25)(H,22,23,24). The maximum Gasteiger partial charge on any atom is 0.319 e. The van der Waals surface area contributed by atoms with E-state index in [1.807, 2.05) is 42.5 Å². The Morgan fingerprint density at radius 1 is 1.16 bits per heavy atom. The Morgan fingerprint density at radius 3 is 2.72 bits per heavy atom. The van der Waals surface area contributed by atoms with Crippen LogP contribution in [0, 0.1) is 0 Å². The summed E-state index contributed by atoms with van der Waals surface area (Å²) in [5, 5.41) is 12.8. The minimum absolute atomic E-state index is 0.271. The highest BCUT2D eigenvalue weighted by atomic mass is 16.2. The Hall–Kier alpha value is -3.22. The molecule has 7 heteroatoms. The van der Waals surface area contributed by atoms with E-state index in [0.29, 0.717) is 24.0 Å². The van der Waals surface area contributed by atoms with Gasteiger partial charge in [-0.25, -0.2) is 9.78 Å². The third kappa shape index (κ3) is 3.82. The predicted molar refractivity (Wildman–Crippen MR) is 93.9 cm³/mol. The fraction of sp³-hybridized carbons (Fsp3) is 0.222. The van der Waals surface area contributed by atoms with Crippen molar-refractivity contribution in [3.8, 4) is 11.4 Å². The van der Waals surface area contributed by atoms with Gasteiger partial charge < -0.3 is 10.6 Å². The first-order chi connectivity index (χ1) is 12.3. The molecule has 0 aliphatic heterocycles. The molecule has 2 amide bonds. The van der Waals surface area contributed by atoms with E-state index in [9.17, 15) is 4.79 Å². The molecular formula is C18H18N6O. The number of nitrogens with zero attached hydrogens (tertiary/aromatic N) is 3. The number of carbonyl (C=O) groups is 1. The van der Waals surface area contributed by atoms with Crippen molar-refractivity contribution >= 4 is 11.7 Å². The van der Waals surface area contributed by atoms with Crippen LogP contribution in [0.3, 0.4) is 0 Å². The first-order valence-corrected chi connectivity index (χ1v) is 8.25. The second-order valence-corrected chi connectivity index (χ2v) is 6.02. The van der Waals surface area contributed by atoms with E-state index in [4.69, 9.17) is 0 Å². The lowest BCUT2D eigenvalue weighted by Crippen LogP contribution is -2.28. The molecule has 1 aromatic carbocycles. The molecule has 1 aliphatic rings. The number of hydrogen-bond donors (Lipinski definition) is 3. The molecule has 0 radical (unpaired) electrons. The normalized spacial score (nSPS) is 13.4. The van der Waals surface area contributed by atoms with Gasteiger partial charge in [-0.15, -0.1) is 0 Å². The number of pyridine rings is 1. The number of urea groups is 1. The van der Waals surface area contributed by atoms with Crippen LogP contribution in [0.1, 0.15) is 30.3 Å². The molecule has 126 valence electrons. The topological polar surface area (TPSA) is 95.6 Å². The molecule has 0 spiro atoms. The van der Waals surface area contributed by atoms with Crippen molar-refractivity contribution in [1.82, 2.24) is 25.5 Å². The Labute approximate surface area is 144 Å². The highest BCUT2D eigenvalue weighted by Crippen LogP contribution is 2.38. The zero-order valence-corrected chi connectivity index (χ0v) is 13.6. The van der Waals surface area contributed by atoms with Crippen LogP contribution in [-0.2, 0) is 6.54 Å². The molecule has 2 heterocycles. The van der Waals surface area contributed by atoms with Gasteiger partial charge in [0.25, 0.3) is 0 Å². The minimum Gasteiger partial charge on any atom is -0.332 e. The van der Waals surface area contributed by atoms with E-state index < -0.39 is 0 Å². The van der Waals surface area contributed by atoms with Crippen molar-refractivity contribution < 1.29 is 4.79 Å². The number of aromatic nitrogens is 4. The quantitative estimate of drug-likeness (QED) is 0.668. The number of carbonyl (C=O) groups excluding carboxylic acids is 1. The molecule has 0 atom stereocenters. The maximum absolute atomic E-state index is 11.9. The summed E-state index contributed by atoms with van der Waals surface area (Å²) in [5.74, 6) is 2.20. The first kappa shape index (κ1) is 15.3. The first-order valence-electron chi connectivity index (χ1n) is 8.25. The van der Waals surface area contributed by atoms with Gasteiger partial charge in [-0.1, -0.05) is 6.07 Å². The van der Waals surface area contributed by atoms with Crippen LogP contribution in [0.15, 0.2) is 48.7 Å². The lowest BCUT2D eigenvalue weighted by molar-refractivity contribution is 0.251. The van der Waals surface area contributed by atoms with E-state index in [2.05, 4.69) is 30.8 Å². The van der Waals surface area contributed by atoms with Crippen molar-refractivity contribution in [2.24, 2.45) is 0 Å². The van der Waals surface area contributed by atoms with E-state index in [0.717, 1.165) is 17.1 Å². The summed E-state index contributed by atoms with van der Waals surface area (Å²) >= 11 is 0. The van der Waals surface area contributed by atoms with Gasteiger partial charge in [0, 0.05) is 23.4 Å². The summed E-state index contributed by atoms with van der Waals surface area (Å²) in [6.07, 6.45) is 4.07. The maximum atomic E-state index is 11.9. The molecule has 0 unspecified atom stereocenters. The monoisotopic (exact) mass is 334 g/mol. The van der Waals surface area contributed by atoms with E-state index in [1.54, 1.807) is 6.20 Å². The van der Waals surface area contributed by atoms with Crippen molar-refractivity contribution in [3.63, 3.8) is 0 Å².